The first-order valence-corrected chi connectivity index (χ1v) is 6.54. The van der Waals surface area contributed by atoms with Gasteiger partial charge in [0.15, 0.2) is 0 Å². The summed E-state index contributed by atoms with van der Waals surface area (Å²) in [5, 5.41) is 9.13. The van der Waals surface area contributed by atoms with Gasteiger partial charge in [0.2, 0.25) is 0 Å². The summed E-state index contributed by atoms with van der Waals surface area (Å²) in [5.41, 5.74) is -0.871. The molecule has 0 aliphatic carbocycles. The standard InChI is InChI=1S/C12H13BrN2O4/c1-12(11(18)19)2-3-15(6-12)10(17)7-4-8(13)9(16)14-5-7/h4-5H,2-3,6H2,1H3,(H,14,16)(H,18,19)/t12-/m0/s1. The number of aromatic amines is 1. The van der Waals surface area contributed by atoms with E-state index in [1.54, 1.807) is 6.92 Å². The minimum atomic E-state index is -0.898. The van der Waals surface area contributed by atoms with Gasteiger partial charge in [-0.25, -0.2) is 0 Å². The molecular weight excluding hydrogens is 316 g/mol. The Morgan fingerprint density at radius 1 is 1.53 bits per heavy atom. The first-order valence-electron chi connectivity index (χ1n) is 5.74. The van der Waals surface area contributed by atoms with Gasteiger partial charge in [0.25, 0.3) is 11.5 Å². The van der Waals surface area contributed by atoms with E-state index in [1.807, 2.05) is 0 Å². The first-order chi connectivity index (χ1) is 8.83. The fourth-order valence-electron chi connectivity index (χ4n) is 2.07. The molecule has 1 fully saturated rings. The van der Waals surface area contributed by atoms with E-state index in [0.29, 0.717) is 18.5 Å². The van der Waals surface area contributed by atoms with Crippen molar-refractivity contribution < 1.29 is 14.7 Å². The van der Waals surface area contributed by atoms with E-state index in [-0.39, 0.29) is 22.5 Å². The number of pyridine rings is 1. The van der Waals surface area contributed by atoms with Crippen LogP contribution in [-0.4, -0.2) is 40.0 Å². The molecule has 1 atom stereocenters. The van der Waals surface area contributed by atoms with Crippen LogP contribution in [0.25, 0.3) is 0 Å². The third-order valence-electron chi connectivity index (χ3n) is 3.38. The Kier molecular flexibility index (Phi) is 3.49. The van der Waals surface area contributed by atoms with Crippen LogP contribution in [0.2, 0.25) is 0 Å². The number of carboxylic acids is 1. The van der Waals surface area contributed by atoms with Crippen molar-refractivity contribution in [2.75, 3.05) is 13.1 Å². The average molecular weight is 329 g/mol. The Morgan fingerprint density at radius 2 is 2.21 bits per heavy atom. The van der Waals surface area contributed by atoms with Crippen LogP contribution in [-0.2, 0) is 4.79 Å². The molecule has 1 aliphatic rings. The van der Waals surface area contributed by atoms with E-state index in [0.717, 1.165) is 0 Å². The molecule has 2 heterocycles. The van der Waals surface area contributed by atoms with E-state index in [4.69, 9.17) is 5.11 Å². The van der Waals surface area contributed by atoms with Crippen LogP contribution in [0, 0.1) is 5.41 Å². The molecule has 0 bridgehead atoms. The highest BCUT2D eigenvalue weighted by atomic mass is 79.9. The maximum absolute atomic E-state index is 12.2. The molecule has 1 aliphatic heterocycles. The smallest absolute Gasteiger partial charge is 0.311 e. The van der Waals surface area contributed by atoms with Gasteiger partial charge in [0.1, 0.15) is 0 Å². The fourth-order valence-corrected chi connectivity index (χ4v) is 2.43. The minimum Gasteiger partial charge on any atom is -0.481 e. The molecule has 1 amide bonds. The summed E-state index contributed by atoms with van der Waals surface area (Å²) in [6, 6.07) is 1.44. The third-order valence-corrected chi connectivity index (χ3v) is 3.97. The number of hydrogen-bond donors (Lipinski definition) is 2. The zero-order valence-electron chi connectivity index (χ0n) is 10.3. The van der Waals surface area contributed by atoms with Gasteiger partial charge < -0.3 is 15.0 Å². The number of hydrogen-bond acceptors (Lipinski definition) is 3. The van der Waals surface area contributed by atoms with Crippen molar-refractivity contribution in [3.05, 3.63) is 32.7 Å². The molecule has 1 saturated heterocycles. The van der Waals surface area contributed by atoms with Crippen molar-refractivity contribution in [3.8, 4) is 0 Å². The SMILES string of the molecule is C[C@]1(C(=O)O)CCN(C(=O)c2c[nH]c(=O)c(Br)c2)C1. The summed E-state index contributed by atoms with van der Waals surface area (Å²) in [6.07, 6.45) is 1.77. The van der Waals surface area contributed by atoms with E-state index >= 15 is 0 Å². The highest BCUT2D eigenvalue weighted by Gasteiger charge is 2.42. The molecule has 0 radical (unpaired) electrons. The number of rotatable bonds is 2. The topological polar surface area (TPSA) is 90.5 Å². The molecule has 6 nitrogen and oxygen atoms in total. The number of nitrogens with zero attached hydrogens (tertiary/aromatic N) is 1. The van der Waals surface area contributed by atoms with Crippen LogP contribution >= 0.6 is 15.9 Å². The quantitative estimate of drug-likeness (QED) is 0.849. The predicted octanol–water partition coefficient (Wildman–Crippen LogP) is 1.07. The second kappa shape index (κ2) is 4.80. The second-order valence-electron chi connectivity index (χ2n) is 4.91. The van der Waals surface area contributed by atoms with Gasteiger partial charge in [0, 0.05) is 19.3 Å². The number of halogens is 1. The van der Waals surface area contributed by atoms with Gasteiger partial charge in [-0.15, -0.1) is 0 Å². The zero-order valence-corrected chi connectivity index (χ0v) is 11.9. The van der Waals surface area contributed by atoms with Crippen LogP contribution in [0.15, 0.2) is 21.5 Å². The molecule has 2 N–H and O–H groups in total. The average Bonchev–Trinajstić information content (AvgIpc) is 2.76. The Bertz CT molecular complexity index is 598. The van der Waals surface area contributed by atoms with Crippen molar-refractivity contribution in [1.29, 1.82) is 0 Å². The molecule has 0 aromatic carbocycles. The summed E-state index contributed by atoms with van der Waals surface area (Å²) in [7, 11) is 0. The highest BCUT2D eigenvalue weighted by Crippen LogP contribution is 2.30. The van der Waals surface area contributed by atoms with Gasteiger partial charge in [0.05, 0.1) is 15.5 Å². The maximum Gasteiger partial charge on any atom is 0.311 e. The molecule has 0 unspecified atom stereocenters. The van der Waals surface area contributed by atoms with Crippen molar-refractivity contribution in [1.82, 2.24) is 9.88 Å². The fraction of sp³-hybridized carbons (Fsp3) is 0.417. The van der Waals surface area contributed by atoms with Gasteiger partial charge in [-0.05, 0) is 35.3 Å². The largest absolute Gasteiger partial charge is 0.481 e. The van der Waals surface area contributed by atoms with Crippen LogP contribution in [0.3, 0.4) is 0 Å². The molecule has 1 aromatic rings. The summed E-state index contributed by atoms with van der Waals surface area (Å²) >= 11 is 3.06. The van der Waals surface area contributed by atoms with Crippen molar-refractivity contribution >= 4 is 27.8 Å². The van der Waals surface area contributed by atoms with Gasteiger partial charge in [-0.3, -0.25) is 14.4 Å². The Morgan fingerprint density at radius 3 is 2.74 bits per heavy atom. The number of amides is 1. The lowest BCUT2D eigenvalue weighted by atomic mass is 9.90. The number of nitrogens with one attached hydrogen (secondary N) is 1. The van der Waals surface area contributed by atoms with Crippen LogP contribution in [0.4, 0.5) is 0 Å². The molecule has 19 heavy (non-hydrogen) atoms. The van der Waals surface area contributed by atoms with Crippen molar-refractivity contribution in [2.45, 2.75) is 13.3 Å². The second-order valence-corrected chi connectivity index (χ2v) is 5.76. The Labute approximate surface area is 117 Å². The summed E-state index contributed by atoms with van der Waals surface area (Å²) in [5.74, 6) is -1.17. The minimum absolute atomic E-state index is 0.178. The van der Waals surface area contributed by atoms with Crippen molar-refractivity contribution in [3.63, 3.8) is 0 Å². The van der Waals surface area contributed by atoms with Gasteiger partial charge in [-0.2, -0.15) is 0 Å². The predicted molar refractivity (Wildman–Crippen MR) is 71.0 cm³/mol. The van der Waals surface area contributed by atoms with E-state index in [2.05, 4.69) is 20.9 Å². The normalized spacial score (nSPS) is 22.5. The molecule has 2 rings (SSSR count). The molecule has 1 aromatic heterocycles. The van der Waals surface area contributed by atoms with Crippen LogP contribution in [0.5, 0.6) is 0 Å². The summed E-state index contributed by atoms with van der Waals surface area (Å²) in [4.78, 5) is 38.5. The lowest BCUT2D eigenvalue weighted by Gasteiger charge is -2.20. The lowest BCUT2D eigenvalue weighted by molar-refractivity contribution is -0.147. The van der Waals surface area contributed by atoms with E-state index in [1.165, 1.54) is 17.2 Å². The number of aromatic nitrogens is 1. The summed E-state index contributed by atoms with van der Waals surface area (Å²) < 4.78 is 0.276. The lowest BCUT2D eigenvalue weighted by Crippen LogP contribution is -2.35. The highest BCUT2D eigenvalue weighted by molar-refractivity contribution is 9.10. The molecular formula is C12H13BrN2O4. The molecule has 102 valence electrons. The number of aliphatic carboxylic acids is 1. The van der Waals surface area contributed by atoms with E-state index in [9.17, 15) is 14.4 Å². The third kappa shape index (κ3) is 2.56. The van der Waals surface area contributed by atoms with Crippen LogP contribution < -0.4 is 5.56 Å². The van der Waals surface area contributed by atoms with Gasteiger partial charge >= 0.3 is 5.97 Å². The Balaban J connectivity index is 2.20. The number of carbonyl (C=O) groups excluding carboxylic acids is 1. The number of likely N-dealkylation sites (tertiary alicyclic amines) is 1. The first kappa shape index (κ1) is 13.8. The molecule has 0 saturated carbocycles. The summed E-state index contributed by atoms with van der Waals surface area (Å²) in [6.45, 7) is 2.21. The number of carbonyl (C=O) groups is 2. The molecule has 0 spiro atoms. The van der Waals surface area contributed by atoms with Gasteiger partial charge in [-0.1, -0.05) is 0 Å². The van der Waals surface area contributed by atoms with Crippen LogP contribution in [0.1, 0.15) is 23.7 Å². The zero-order chi connectivity index (χ0) is 14.2. The van der Waals surface area contributed by atoms with Crippen molar-refractivity contribution in [2.24, 2.45) is 5.41 Å². The monoisotopic (exact) mass is 328 g/mol. The number of carboxylic acid groups (broad SMARTS) is 1. The Hall–Kier alpha value is -1.63. The maximum atomic E-state index is 12.2. The number of H-pyrrole nitrogens is 1. The van der Waals surface area contributed by atoms with E-state index < -0.39 is 11.4 Å². The molecule has 7 heteroatoms.